The van der Waals surface area contributed by atoms with Gasteiger partial charge >= 0.3 is 11.6 Å². The van der Waals surface area contributed by atoms with Gasteiger partial charge in [-0.1, -0.05) is 0 Å². The summed E-state index contributed by atoms with van der Waals surface area (Å²) in [4.78, 5) is 17.8. The van der Waals surface area contributed by atoms with E-state index in [4.69, 9.17) is 10.6 Å². The zero-order chi connectivity index (χ0) is 13.8. The van der Waals surface area contributed by atoms with Gasteiger partial charge in [-0.25, -0.2) is 10.8 Å². The maximum absolute atomic E-state index is 11.0. The van der Waals surface area contributed by atoms with Crippen LogP contribution in [-0.4, -0.2) is 14.9 Å². The molecule has 0 aliphatic carbocycles. The van der Waals surface area contributed by atoms with Crippen LogP contribution >= 0.6 is 22.6 Å². The zero-order valence-electron chi connectivity index (χ0n) is 9.41. The Kier molecular flexibility index (Phi) is 4.06. The molecule has 3 N–H and O–H groups in total. The molecule has 2 rings (SSSR count). The molecule has 1 heterocycles. The Morgan fingerprint density at radius 1 is 1.32 bits per heavy atom. The lowest BCUT2D eigenvalue weighted by Crippen LogP contribution is -2.12. The average Bonchev–Trinajstić information content (AvgIpc) is 2.40. The summed E-state index contributed by atoms with van der Waals surface area (Å²) in [6, 6.07) is 6.99. The molecular weight excluding hydrogens is 365 g/mol. The molecule has 1 aromatic carbocycles. The predicted molar refractivity (Wildman–Crippen MR) is 75.7 cm³/mol. The Labute approximate surface area is 121 Å². The van der Waals surface area contributed by atoms with Crippen molar-refractivity contribution in [2.24, 2.45) is 5.84 Å². The van der Waals surface area contributed by atoms with Gasteiger partial charge in [0.1, 0.15) is 12.1 Å². The number of anilines is 1. The molecule has 0 amide bonds. The van der Waals surface area contributed by atoms with Gasteiger partial charge in [0, 0.05) is 3.57 Å². The fraction of sp³-hybridized carbons (Fsp3) is 0. The lowest BCUT2D eigenvalue weighted by molar-refractivity contribution is -0.385. The van der Waals surface area contributed by atoms with E-state index >= 15 is 0 Å². The third-order valence-electron chi connectivity index (χ3n) is 2.14. The molecule has 2 aromatic rings. The maximum atomic E-state index is 11.0. The summed E-state index contributed by atoms with van der Waals surface area (Å²) >= 11 is 2.14. The van der Waals surface area contributed by atoms with Crippen molar-refractivity contribution in [2.45, 2.75) is 0 Å². The van der Waals surface area contributed by atoms with E-state index in [0.717, 1.165) is 9.90 Å². The van der Waals surface area contributed by atoms with Crippen LogP contribution in [0.5, 0.6) is 11.6 Å². The molecule has 0 atom stereocenters. The van der Waals surface area contributed by atoms with Crippen LogP contribution < -0.4 is 16.0 Å². The molecule has 0 unspecified atom stereocenters. The van der Waals surface area contributed by atoms with E-state index in [-0.39, 0.29) is 11.7 Å². The maximum Gasteiger partial charge on any atom is 0.374 e. The lowest BCUT2D eigenvalue weighted by Gasteiger charge is -2.07. The van der Waals surface area contributed by atoms with E-state index < -0.39 is 10.6 Å². The molecule has 0 aliphatic rings. The van der Waals surface area contributed by atoms with Crippen molar-refractivity contribution in [1.29, 1.82) is 0 Å². The number of rotatable bonds is 4. The molecule has 98 valence electrons. The first-order valence-corrected chi connectivity index (χ1v) is 6.09. The number of nitro groups is 1. The third-order valence-corrected chi connectivity index (χ3v) is 2.86. The average molecular weight is 373 g/mol. The molecule has 0 fully saturated rings. The van der Waals surface area contributed by atoms with Gasteiger partial charge in [-0.3, -0.25) is 10.1 Å². The van der Waals surface area contributed by atoms with Gasteiger partial charge in [0.05, 0.1) is 4.92 Å². The number of aromatic nitrogens is 2. The first-order valence-electron chi connectivity index (χ1n) is 5.01. The van der Waals surface area contributed by atoms with E-state index in [1.165, 1.54) is 0 Å². The van der Waals surface area contributed by atoms with Crippen LogP contribution in [0.1, 0.15) is 0 Å². The number of halogens is 1. The molecular formula is C10H8IN5O3. The fourth-order valence-electron chi connectivity index (χ4n) is 1.32. The minimum atomic E-state index is -0.656. The van der Waals surface area contributed by atoms with Crippen molar-refractivity contribution in [3.63, 3.8) is 0 Å². The first-order chi connectivity index (χ1) is 9.11. The highest BCUT2D eigenvalue weighted by molar-refractivity contribution is 14.1. The van der Waals surface area contributed by atoms with E-state index in [2.05, 4.69) is 38.0 Å². The number of hydrogen-bond acceptors (Lipinski definition) is 7. The Morgan fingerprint density at radius 3 is 2.58 bits per heavy atom. The highest BCUT2D eigenvalue weighted by atomic mass is 127. The Morgan fingerprint density at radius 2 is 2.00 bits per heavy atom. The van der Waals surface area contributed by atoms with E-state index in [1.807, 2.05) is 12.1 Å². The molecule has 8 nitrogen and oxygen atoms in total. The van der Waals surface area contributed by atoms with Crippen molar-refractivity contribution in [3.05, 3.63) is 44.3 Å². The zero-order valence-corrected chi connectivity index (χ0v) is 11.6. The largest absolute Gasteiger partial charge is 0.434 e. The van der Waals surface area contributed by atoms with Gasteiger partial charge in [-0.15, -0.1) is 0 Å². The normalized spacial score (nSPS) is 10.0. The van der Waals surface area contributed by atoms with Gasteiger partial charge in [0.15, 0.2) is 0 Å². The first kappa shape index (κ1) is 13.4. The Balaban J connectivity index is 2.39. The quantitative estimate of drug-likeness (QED) is 0.365. The lowest BCUT2D eigenvalue weighted by atomic mass is 10.3. The summed E-state index contributed by atoms with van der Waals surface area (Å²) < 4.78 is 6.40. The molecule has 1 aromatic heterocycles. The van der Waals surface area contributed by atoms with Crippen molar-refractivity contribution >= 4 is 34.1 Å². The van der Waals surface area contributed by atoms with Gasteiger partial charge < -0.3 is 10.2 Å². The molecule has 19 heavy (non-hydrogen) atoms. The monoisotopic (exact) mass is 373 g/mol. The van der Waals surface area contributed by atoms with Crippen LogP contribution in [0, 0.1) is 13.7 Å². The minimum absolute atomic E-state index is 0.111. The molecule has 0 bridgehead atoms. The number of hydrogen-bond donors (Lipinski definition) is 2. The minimum Gasteiger partial charge on any atom is -0.434 e. The van der Waals surface area contributed by atoms with Crippen molar-refractivity contribution in [2.75, 3.05) is 5.43 Å². The molecule has 0 spiro atoms. The van der Waals surface area contributed by atoms with Gasteiger partial charge in [-0.05, 0) is 46.9 Å². The Hall–Kier alpha value is -2.01. The highest BCUT2D eigenvalue weighted by Crippen LogP contribution is 2.33. The topological polar surface area (TPSA) is 116 Å². The number of nitrogens with zero attached hydrogens (tertiary/aromatic N) is 3. The van der Waals surface area contributed by atoms with E-state index in [9.17, 15) is 10.1 Å². The smallest absolute Gasteiger partial charge is 0.374 e. The number of nitrogens with one attached hydrogen (secondary N) is 1. The number of benzene rings is 1. The molecule has 0 saturated heterocycles. The molecule has 0 aliphatic heterocycles. The summed E-state index contributed by atoms with van der Waals surface area (Å²) in [5.74, 6) is 5.32. The summed E-state index contributed by atoms with van der Waals surface area (Å²) in [5.41, 5.74) is 1.72. The standard InChI is InChI=1S/C10H8IN5O3/c11-6-1-3-7(4-2-6)19-10-8(16(17)18)9(15-12)13-5-14-10/h1-5H,12H2,(H,13,14,15). The summed E-state index contributed by atoms with van der Waals surface area (Å²) in [7, 11) is 0. The second-order valence-electron chi connectivity index (χ2n) is 3.33. The van der Waals surface area contributed by atoms with Gasteiger partial charge in [-0.2, -0.15) is 4.98 Å². The van der Waals surface area contributed by atoms with E-state index in [1.54, 1.807) is 12.1 Å². The predicted octanol–water partition coefficient (Wildman–Crippen LogP) is 2.07. The number of nitrogens with two attached hydrogens (primary N) is 1. The van der Waals surface area contributed by atoms with Crippen molar-refractivity contribution in [3.8, 4) is 11.6 Å². The molecule has 9 heteroatoms. The fourth-order valence-corrected chi connectivity index (χ4v) is 1.68. The SMILES string of the molecule is NNc1ncnc(Oc2ccc(I)cc2)c1[N+](=O)[O-]. The van der Waals surface area contributed by atoms with Crippen molar-refractivity contribution in [1.82, 2.24) is 9.97 Å². The van der Waals surface area contributed by atoms with Crippen LogP contribution in [0.3, 0.4) is 0 Å². The van der Waals surface area contributed by atoms with Crippen LogP contribution in [0.4, 0.5) is 11.5 Å². The summed E-state index contributed by atoms with van der Waals surface area (Å²) in [6.07, 6.45) is 1.13. The molecule has 0 radical (unpaired) electrons. The Bertz CT molecular complexity index is 605. The summed E-state index contributed by atoms with van der Waals surface area (Å²) in [5, 5.41) is 11.0. The van der Waals surface area contributed by atoms with Gasteiger partial charge in [0.25, 0.3) is 0 Å². The van der Waals surface area contributed by atoms with Crippen LogP contribution in [0.2, 0.25) is 0 Å². The van der Waals surface area contributed by atoms with Crippen LogP contribution in [-0.2, 0) is 0 Å². The number of ether oxygens (including phenoxy) is 1. The number of nitrogen functional groups attached to an aromatic ring is 1. The summed E-state index contributed by atoms with van der Waals surface area (Å²) in [6.45, 7) is 0. The van der Waals surface area contributed by atoms with Crippen LogP contribution in [0.15, 0.2) is 30.6 Å². The van der Waals surface area contributed by atoms with E-state index in [0.29, 0.717) is 5.75 Å². The molecule has 0 saturated carbocycles. The van der Waals surface area contributed by atoms with Crippen LogP contribution in [0.25, 0.3) is 0 Å². The number of hydrazine groups is 1. The second-order valence-corrected chi connectivity index (χ2v) is 4.58. The van der Waals surface area contributed by atoms with Gasteiger partial charge in [0.2, 0.25) is 5.82 Å². The highest BCUT2D eigenvalue weighted by Gasteiger charge is 2.24. The third kappa shape index (κ3) is 3.06. The second kappa shape index (κ2) is 5.75. The van der Waals surface area contributed by atoms with Crippen molar-refractivity contribution < 1.29 is 9.66 Å².